The van der Waals surface area contributed by atoms with Gasteiger partial charge in [0.25, 0.3) is 0 Å². The summed E-state index contributed by atoms with van der Waals surface area (Å²) < 4.78 is 0. The minimum Gasteiger partial charge on any atom is -0.361 e. The normalized spacial score (nSPS) is 12.9. The maximum absolute atomic E-state index is 11.5. The summed E-state index contributed by atoms with van der Waals surface area (Å²) in [5.74, 6) is 0.531. The minimum absolute atomic E-state index is 0.231. The second-order valence-corrected chi connectivity index (χ2v) is 4.87. The predicted octanol–water partition coefficient (Wildman–Crippen LogP) is 4.29. The summed E-state index contributed by atoms with van der Waals surface area (Å²) >= 11 is 6.00. The summed E-state index contributed by atoms with van der Waals surface area (Å²) in [5.41, 5.74) is 2.24. The van der Waals surface area contributed by atoms with Gasteiger partial charge in [-0.15, -0.1) is 0 Å². The molecule has 0 aliphatic heterocycles. The first-order chi connectivity index (χ1) is 8.11. The molecule has 2 nitrogen and oxygen atoms in total. The number of aromatic nitrogens is 1. The molecule has 90 valence electrons. The van der Waals surface area contributed by atoms with E-state index in [1.54, 1.807) is 0 Å². The third kappa shape index (κ3) is 2.52. The van der Waals surface area contributed by atoms with Crippen molar-refractivity contribution in [2.75, 3.05) is 0 Å². The van der Waals surface area contributed by atoms with Crippen LogP contribution in [-0.2, 0) is 4.79 Å². The van der Waals surface area contributed by atoms with Crippen LogP contribution in [0.3, 0.4) is 0 Å². The Balaban J connectivity index is 2.35. The molecular formula is C14H16ClNO. The molecule has 0 aliphatic carbocycles. The van der Waals surface area contributed by atoms with E-state index in [1.807, 2.05) is 31.3 Å². The van der Waals surface area contributed by atoms with Crippen LogP contribution in [0.4, 0.5) is 0 Å². The summed E-state index contributed by atoms with van der Waals surface area (Å²) in [7, 11) is 0. The van der Waals surface area contributed by atoms with E-state index in [4.69, 9.17) is 11.6 Å². The Hall–Kier alpha value is -1.28. The van der Waals surface area contributed by atoms with Crippen LogP contribution in [0, 0.1) is 0 Å². The number of H-pyrrole nitrogens is 1. The molecule has 0 saturated carbocycles. The van der Waals surface area contributed by atoms with E-state index in [2.05, 4.69) is 11.9 Å². The lowest BCUT2D eigenvalue weighted by atomic mass is 9.94. The van der Waals surface area contributed by atoms with Gasteiger partial charge in [-0.2, -0.15) is 0 Å². The van der Waals surface area contributed by atoms with Gasteiger partial charge in [-0.05, 0) is 29.7 Å². The van der Waals surface area contributed by atoms with Crippen molar-refractivity contribution in [1.82, 2.24) is 4.98 Å². The van der Waals surface area contributed by atoms with Gasteiger partial charge < -0.3 is 4.98 Å². The zero-order valence-corrected chi connectivity index (χ0v) is 10.8. The van der Waals surface area contributed by atoms with Crippen molar-refractivity contribution in [2.24, 2.45) is 0 Å². The monoisotopic (exact) mass is 249 g/mol. The van der Waals surface area contributed by atoms with Gasteiger partial charge in [-0.3, -0.25) is 4.79 Å². The highest BCUT2D eigenvalue weighted by Crippen LogP contribution is 2.29. The Morgan fingerprint density at radius 3 is 2.94 bits per heavy atom. The molecule has 0 radical (unpaired) electrons. The van der Waals surface area contributed by atoms with Crippen LogP contribution in [0.15, 0.2) is 24.4 Å². The van der Waals surface area contributed by atoms with Crippen molar-refractivity contribution >= 4 is 28.3 Å². The average molecular weight is 250 g/mol. The first kappa shape index (κ1) is 12.2. The van der Waals surface area contributed by atoms with Crippen LogP contribution >= 0.6 is 11.6 Å². The first-order valence-electron chi connectivity index (χ1n) is 5.90. The highest BCUT2D eigenvalue weighted by molar-refractivity contribution is 6.31. The van der Waals surface area contributed by atoms with Crippen LogP contribution in [0.25, 0.3) is 10.9 Å². The van der Waals surface area contributed by atoms with Gasteiger partial charge in [0.15, 0.2) is 0 Å². The van der Waals surface area contributed by atoms with E-state index < -0.39 is 0 Å². The SMILES string of the molecule is CCC(=O)C[C@H](C)c1c[nH]c2ccc(Cl)cc12. The number of aromatic amines is 1. The molecule has 0 saturated heterocycles. The molecule has 0 unspecified atom stereocenters. The van der Waals surface area contributed by atoms with Crippen molar-refractivity contribution in [3.8, 4) is 0 Å². The second kappa shape index (κ2) is 4.92. The lowest BCUT2D eigenvalue weighted by molar-refractivity contribution is -0.119. The van der Waals surface area contributed by atoms with Crippen molar-refractivity contribution in [2.45, 2.75) is 32.6 Å². The molecule has 1 N–H and O–H groups in total. The van der Waals surface area contributed by atoms with Gasteiger partial charge in [0.2, 0.25) is 0 Å². The number of nitrogens with one attached hydrogen (secondary N) is 1. The Kier molecular flexibility index (Phi) is 3.53. The molecule has 2 rings (SSSR count). The molecule has 3 heteroatoms. The smallest absolute Gasteiger partial charge is 0.133 e. The molecule has 2 aromatic rings. The number of rotatable bonds is 4. The summed E-state index contributed by atoms with van der Waals surface area (Å²) in [5, 5.41) is 1.85. The number of ketones is 1. The topological polar surface area (TPSA) is 32.9 Å². The van der Waals surface area contributed by atoms with E-state index in [0.717, 1.165) is 15.9 Å². The minimum atomic E-state index is 0.231. The van der Waals surface area contributed by atoms with E-state index in [1.165, 1.54) is 5.56 Å². The fraction of sp³-hybridized carbons (Fsp3) is 0.357. The maximum Gasteiger partial charge on any atom is 0.133 e. The largest absolute Gasteiger partial charge is 0.361 e. The third-order valence-electron chi connectivity index (χ3n) is 3.13. The van der Waals surface area contributed by atoms with E-state index in [-0.39, 0.29) is 5.92 Å². The molecule has 0 fully saturated rings. The van der Waals surface area contributed by atoms with Crippen molar-refractivity contribution in [1.29, 1.82) is 0 Å². The van der Waals surface area contributed by atoms with E-state index in [0.29, 0.717) is 18.6 Å². The molecule has 0 aliphatic rings. The predicted molar refractivity (Wildman–Crippen MR) is 71.6 cm³/mol. The summed E-state index contributed by atoms with van der Waals surface area (Å²) in [6, 6.07) is 5.79. The molecule has 17 heavy (non-hydrogen) atoms. The molecule has 0 bridgehead atoms. The zero-order valence-electron chi connectivity index (χ0n) is 10.1. The highest BCUT2D eigenvalue weighted by Gasteiger charge is 2.14. The number of hydrogen-bond donors (Lipinski definition) is 1. The maximum atomic E-state index is 11.5. The lowest BCUT2D eigenvalue weighted by Crippen LogP contribution is -2.02. The molecule has 1 aromatic heterocycles. The Morgan fingerprint density at radius 1 is 1.47 bits per heavy atom. The lowest BCUT2D eigenvalue weighted by Gasteiger charge is -2.09. The molecule has 1 atom stereocenters. The molecule has 0 amide bonds. The number of fused-ring (bicyclic) bond motifs is 1. The average Bonchev–Trinajstić information content (AvgIpc) is 2.71. The van der Waals surface area contributed by atoms with Gasteiger partial charge in [0.05, 0.1) is 0 Å². The van der Waals surface area contributed by atoms with Crippen LogP contribution in [0.1, 0.15) is 38.2 Å². The first-order valence-corrected chi connectivity index (χ1v) is 6.27. The van der Waals surface area contributed by atoms with Crippen LogP contribution in [0.5, 0.6) is 0 Å². The number of halogens is 1. The van der Waals surface area contributed by atoms with E-state index >= 15 is 0 Å². The molecule has 0 spiro atoms. The van der Waals surface area contributed by atoms with Crippen molar-refractivity contribution in [3.63, 3.8) is 0 Å². The molecule has 1 aromatic carbocycles. The quantitative estimate of drug-likeness (QED) is 0.861. The van der Waals surface area contributed by atoms with Crippen molar-refractivity contribution in [3.05, 3.63) is 35.0 Å². The van der Waals surface area contributed by atoms with Crippen LogP contribution in [-0.4, -0.2) is 10.8 Å². The second-order valence-electron chi connectivity index (χ2n) is 4.43. The van der Waals surface area contributed by atoms with Crippen LogP contribution in [0.2, 0.25) is 5.02 Å². The summed E-state index contributed by atoms with van der Waals surface area (Å²) in [6.07, 6.45) is 3.18. The van der Waals surface area contributed by atoms with Crippen molar-refractivity contribution < 1.29 is 4.79 Å². The number of carbonyl (C=O) groups excluding carboxylic acids is 1. The molecular weight excluding hydrogens is 234 g/mol. The Morgan fingerprint density at radius 2 is 2.24 bits per heavy atom. The van der Waals surface area contributed by atoms with Gasteiger partial charge >= 0.3 is 0 Å². The fourth-order valence-corrected chi connectivity index (χ4v) is 2.29. The van der Waals surface area contributed by atoms with Gasteiger partial charge in [0.1, 0.15) is 5.78 Å². The number of carbonyl (C=O) groups is 1. The highest BCUT2D eigenvalue weighted by atomic mass is 35.5. The number of hydrogen-bond acceptors (Lipinski definition) is 1. The Bertz CT molecular complexity index is 544. The summed E-state index contributed by atoms with van der Waals surface area (Å²) in [6.45, 7) is 3.98. The molecule has 1 heterocycles. The van der Waals surface area contributed by atoms with Crippen LogP contribution < -0.4 is 0 Å². The standard InChI is InChI=1S/C14H16ClNO/c1-3-11(17)6-9(2)13-8-16-14-5-4-10(15)7-12(13)14/h4-5,7-9,16H,3,6H2,1-2H3/t9-/m0/s1. The van der Waals surface area contributed by atoms with E-state index in [9.17, 15) is 4.79 Å². The zero-order chi connectivity index (χ0) is 12.4. The fourth-order valence-electron chi connectivity index (χ4n) is 2.12. The summed E-state index contributed by atoms with van der Waals surface area (Å²) in [4.78, 5) is 14.7. The Labute approximate surface area is 106 Å². The number of Topliss-reactive ketones (excluding diaryl/α,β-unsaturated/α-hetero) is 1. The number of benzene rings is 1. The van der Waals surface area contributed by atoms with Gasteiger partial charge in [-0.25, -0.2) is 0 Å². The third-order valence-corrected chi connectivity index (χ3v) is 3.37. The van der Waals surface area contributed by atoms with Gasteiger partial charge in [-0.1, -0.05) is 25.4 Å². The van der Waals surface area contributed by atoms with Gasteiger partial charge in [0, 0.05) is 35.0 Å².